The summed E-state index contributed by atoms with van der Waals surface area (Å²) in [6.07, 6.45) is 0. The summed E-state index contributed by atoms with van der Waals surface area (Å²) < 4.78 is 6.30. The Morgan fingerprint density at radius 2 is 2.19 bits per heavy atom. The van der Waals surface area contributed by atoms with Gasteiger partial charge in [-0.1, -0.05) is 11.6 Å². The van der Waals surface area contributed by atoms with Crippen molar-refractivity contribution in [2.45, 2.75) is 6.54 Å². The van der Waals surface area contributed by atoms with E-state index in [9.17, 15) is 4.79 Å². The molecule has 0 radical (unpaired) electrons. The molecule has 16 heavy (non-hydrogen) atoms. The minimum absolute atomic E-state index is 0.00247. The Bertz CT molecular complexity index is 577. The number of ether oxygens (including phenoxy) is 1. The van der Waals surface area contributed by atoms with Crippen LogP contribution in [0.4, 0.5) is 0 Å². The molecule has 0 atom stereocenters. The molecule has 0 spiro atoms. The van der Waals surface area contributed by atoms with Crippen molar-refractivity contribution in [3.05, 3.63) is 20.9 Å². The topological polar surface area (TPSA) is 72.8 Å². The summed E-state index contributed by atoms with van der Waals surface area (Å²) in [6, 6.07) is 0. The van der Waals surface area contributed by atoms with Crippen LogP contribution in [0.5, 0.6) is 0 Å². The third-order valence-electron chi connectivity index (χ3n) is 2.07. The molecule has 8 heteroatoms. The molecule has 0 aliphatic carbocycles. The fourth-order valence-corrected chi connectivity index (χ4v) is 1.78. The first-order valence-corrected chi connectivity index (χ1v) is 5.19. The Balaban J connectivity index is 2.64. The second kappa shape index (κ2) is 4.40. The lowest BCUT2D eigenvalue weighted by molar-refractivity contribution is 0.187. The van der Waals surface area contributed by atoms with Crippen molar-refractivity contribution < 1.29 is 4.74 Å². The largest absolute Gasteiger partial charge is 0.383 e. The van der Waals surface area contributed by atoms with E-state index in [0.717, 1.165) is 0 Å². The van der Waals surface area contributed by atoms with Crippen LogP contribution in [-0.2, 0) is 11.3 Å². The van der Waals surface area contributed by atoms with Crippen molar-refractivity contribution in [3.63, 3.8) is 0 Å². The zero-order valence-electron chi connectivity index (χ0n) is 8.33. The smallest absolute Gasteiger partial charge is 0.327 e. The summed E-state index contributed by atoms with van der Waals surface area (Å²) >= 11 is 11.5. The average Bonchev–Trinajstić information content (AvgIpc) is 2.53. The van der Waals surface area contributed by atoms with Crippen LogP contribution in [-0.4, -0.2) is 33.2 Å². The fraction of sp³-hybridized carbons (Fsp3) is 0.375. The molecule has 2 aromatic heterocycles. The molecule has 2 rings (SSSR count). The van der Waals surface area contributed by atoms with E-state index in [1.165, 1.54) is 4.57 Å². The highest BCUT2D eigenvalue weighted by Crippen LogP contribution is 2.18. The van der Waals surface area contributed by atoms with Gasteiger partial charge in [0.1, 0.15) is 5.52 Å². The lowest BCUT2D eigenvalue weighted by Crippen LogP contribution is -2.19. The van der Waals surface area contributed by atoms with Crippen LogP contribution in [0.25, 0.3) is 11.2 Å². The average molecular weight is 263 g/mol. The van der Waals surface area contributed by atoms with Crippen molar-refractivity contribution in [1.29, 1.82) is 0 Å². The minimum Gasteiger partial charge on any atom is -0.383 e. The molecule has 0 amide bonds. The van der Waals surface area contributed by atoms with Crippen molar-refractivity contribution >= 4 is 34.4 Å². The first-order chi connectivity index (χ1) is 7.63. The SMILES string of the molecule is COCCn1c(=O)[nH]c2c(Cl)nc(Cl)nc21. The van der Waals surface area contributed by atoms with Gasteiger partial charge in [-0.15, -0.1) is 0 Å². The second-order valence-corrected chi connectivity index (χ2v) is 3.75. The molecule has 1 N–H and O–H groups in total. The van der Waals surface area contributed by atoms with Crippen LogP contribution in [0, 0.1) is 0 Å². The van der Waals surface area contributed by atoms with Gasteiger partial charge in [-0.2, -0.15) is 4.98 Å². The van der Waals surface area contributed by atoms with E-state index in [2.05, 4.69) is 15.0 Å². The Hall–Kier alpha value is -1.11. The van der Waals surface area contributed by atoms with Gasteiger partial charge in [0.05, 0.1) is 13.2 Å². The number of methoxy groups -OCH3 is 1. The van der Waals surface area contributed by atoms with Crippen LogP contribution >= 0.6 is 23.2 Å². The number of nitrogens with one attached hydrogen (secondary N) is 1. The first kappa shape index (κ1) is 11.4. The minimum atomic E-state index is -0.314. The van der Waals surface area contributed by atoms with Crippen LogP contribution < -0.4 is 5.69 Å². The number of imidazole rings is 1. The number of rotatable bonds is 3. The molecule has 2 heterocycles. The van der Waals surface area contributed by atoms with E-state index in [-0.39, 0.29) is 16.1 Å². The summed E-state index contributed by atoms with van der Waals surface area (Å²) in [5.74, 6) is 0. The van der Waals surface area contributed by atoms with Gasteiger partial charge < -0.3 is 9.72 Å². The number of fused-ring (bicyclic) bond motifs is 1. The quantitative estimate of drug-likeness (QED) is 0.664. The molecule has 0 saturated heterocycles. The normalized spacial score (nSPS) is 11.2. The molecule has 0 unspecified atom stereocenters. The van der Waals surface area contributed by atoms with E-state index >= 15 is 0 Å². The molecular weight excluding hydrogens is 255 g/mol. The Morgan fingerprint density at radius 3 is 2.88 bits per heavy atom. The van der Waals surface area contributed by atoms with Gasteiger partial charge in [0.2, 0.25) is 5.28 Å². The number of nitrogens with zero attached hydrogens (tertiary/aromatic N) is 3. The molecule has 0 aromatic carbocycles. The van der Waals surface area contributed by atoms with E-state index in [0.29, 0.717) is 24.3 Å². The highest BCUT2D eigenvalue weighted by molar-refractivity contribution is 6.35. The Morgan fingerprint density at radius 1 is 1.44 bits per heavy atom. The molecule has 2 aromatic rings. The van der Waals surface area contributed by atoms with E-state index in [1.54, 1.807) is 7.11 Å². The number of aromatic amines is 1. The maximum atomic E-state index is 11.6. The van der Waals surface area contributed by atoms with E-state index in [4.69, 9.17) is 27.9 Å². The van der Waals surface area contributed by atoms with Crippen LogP contribution in [0.1, 0.15) is 0 Å². The highest BCUT2D eigenvalue weighted by Gasteiger charge is 2.12. The molecule has 0 aliphatic rings. The Labute approximate surface area is 100 Å². The molecule has 86 valence electrons. The lowest BCUT2D eigenvalue weighted by atomic mass is 10.5. The second-order valence-electron chi connectivity index (χ2n) is 3.06. The molecule has 0 bridgehead atoms. The van der Waals surface area contributed by atoms with Crippen LogP contribution in [0.2, 0.25) is 10.4 Å². The Kier molecular flexibility index (Phi) is 3.13. The van der Waals surface area contributed by atoms with Gasteiger partial charge in [-0.25, -0.2) is 9.78 Å². The first-order valence-electron chi connectivity index (χ1n) is 4.44. The number of hydrogen-bond donors (Lipinski definition) is 1. The number of halogens is 2. The third-order valence-corrected chi connectivity index (χ3v) is 2.51. The van der Waals surface area contributed by atoms with Gasteiger partial charge in [0, 0.05) is 7.11 Å². The number of hydrogen-bond acceptors (Lipinski definition) is 4. The third kappa shape index (κ3) is 1.91. The number of H-pyrrole nitrogens is 1. The molecule has 0 aliphatic heterocycles. The monoisotopic (exact) mass is 262 g/mol. The zero-order valence-corrected chi connectivity index (χ0v) is 9.84. The zero-order chi connectivity index (χ0) is 11.7. The number of aromatic nitrogens is 4. The van der Waals surface area contributed by atoms with Crippen molar-refractivity contribution in [2.24, 2.45) is 0 Å². The fourth-order valence-electron chi connectivity index (χ4n) is 1.36. The maximum Gasteiger partial charge on any atom is 0.327 e. The van der Waals surface area contributed by atoms with Crippen molar-refractivity contribution in [1.82, 2.24) is 19.5 Å². The predicted molar refractivity (Wildman–Crippen MR) is 60.0 cm³/mol. The van der Waals surface area contributed by atoms with Crippen LogP contribution in [0.15, 0.2) is 4.79 Å². The molecular formula is C8H8Cl2N4O2. The summed E-state index contributed by atoms with van der Waals surface area (Å²) in [7, 11) is 1.55. The summed E-state index contributed by atoms with van der Waals surface area (Å²) in [4.78, 5) is 21.9. The van der Waals surface area contributed by atoms with Gasteiger partial charge in [-0.05, 0) is 11.6 Å². The molecule has 0 fully saturated rings. The van der Waals surface area contributed by atoms with Gasteiger partial charge in [-0.3, -0.25) is 4.57 Å². The van der Waals surface area contributed by atoms with Crippen molar-refractivity contribution in [2.75, 3.05) is 13.7 Å². The summed E-state index contributed by atoms with van der Waals surface area (Å²) in [6.45, 7) is 0.769. The van der Waals surface area contributed by atoms with Crippen molar-refractivity contribution in [3.8, 4) is 0 Å². The summed E-state index contributed by atoms with van der Waals surface area (Å²) in [5.41, 5.74) is 0.449. The van der Waals surface area contributed by atoms with Gasteiger partial charge in [0.25, 0.3) is 0 Å². The van der Waals surface area contributed by atoms with Gasteiger partial charge >= 0.3 is 5.69 Å². The lowest BCUT2D eigenvalue weighted by Gasteiger charge is -2.01. The summed E-state index contributed by atoms with van der Waals surface area (Å²) in [5, 5.41) is 0.130. The maximum absolute atomic E-state index is 11.6. The molecule has 0 saturated carbocycles. The van der Waals surface area contributed by atoms with E-state index < -0.39 is 0 Å². The standard InChI is InChI=1S/C8H8Cl2N4O2/c1-16-3-2-14-6-4(11-8(14)15)5(9)12-7(10)13-6/h2-3H2,1H3,(H,11,15). The van der Waals surface area contributed by atoms with Gasteiger partial charge in [0.15, 0.2) is 10.8 Å². The highest BCUT2D eigenvalue weighted by atomic mass is 35.5. The molecule has 6 nitrogen and oxygen atoms in total. The predicted octanol–water partition coefficient (Wildman–Crippen LogP) is 1.07. The van der Waals surface area contributed by atoms with E-state index in [1.807, 2.05) is 0 Å². The van der Waals surface area contributed by atoms with Crippen LogP contribution in [0.3, 0.4) is 0 Å².